The molecule has 5 heteroatoms. The van der Waals surface area contributed by atoms with Gasteiger partial charge in [-0.25, -0.2) is 4.39 Å². The molecular weight excluding hydrogens is 291 g/mol. The molecule has 1 fully saturated rings. The first-order chi connectivity index (χ1) is 9.81. The molecular formula is C16H26ClFN2O. The number of hydrogen-bond acceptors (Lipinski definition) is 3. The number of para-hydroxylation sites is 1. The number of halogens is 2. The molecule has 2 rings (SSSR count). The van der Waals surface area contributed by atoms with E-state index in [-0.39, 0.29) is 18.2 Å². The van der Waals surface area contributed by atoms with Crippen LogP contribution in [-0.4, -0.2) is 43.7 Å². The van der Waals surface area contributed by atoms with E-state index in [9.17, 15) is 4.39 Å². The molecule has 0 radical (unpaired) electrons. The Kier molecular flexibility index (Phi) is 8.66. The summed E-state index contributed by atoms with van der Waals surface area (Å²) in [6.07, 6.45) is 3.53. The van der Waals surface area contributed by atoms with Gasteiger partial charge in [-0.2, -0.15) is 0 Å². The molecule has 1 aromatic carbocycles. The number of nitrogens with one attached hydrogen (secondary N) is 1. The predicted octanol–water partition coefficient (Wildman–Crippen LogP) is 3.09. The van der Waals surface area contributed by atoms with Gasteiger partial charge in [0.15, 0.2) is 11.6 Å². The van der Waals surface area contributed by atoms with Gasteiger partial charge in [0.2, 0.25) is 0 Å². The minimum atomic E-state index is -0.281. The smallest absolute Gasteiger partial charge is 0.165 e. The van der Waals surface area contributed by atoms with Gasteiger partial charge in [0, 0.05) is 12.6 Å². The molecule has 1 saturated heterocycles. The van der Waals surface area contributed by atoms with E-state index in [0.717, 1.165) is 32.6 Å². The van der Waals surface area contributed by atoms with Crippen LogP contribution in [0.4, 0.5) is 4.39 Å². The van der Waals surface area contributed by atoms with Gasteiger partial charge >= 0.3 is 0 Å². The van der Waals surface area contributed by atoms with Crippen molar-refractivity contribution in [1.82, 2.24) is 10.2 Å². The van der Waals surface area contributed by atoms with Crippen LogP contribution in [0.15, 0.2) is 24.3 Å². The lowest BCUT2D eigenvalue weighted by atomic mass is 10.0. The van der Waals surface area contributed by atoms with Crippen LogP contribution in [0.5, 0.6) is 5.75 Å². The van der Waals surface area contributed by atoms with Crippen molar-refractivity contribution >= 4 is 12.4 Å². The maximum absolute atomic E-state index is 13.5. The van der Waals surface area contributed by atoms with Gasteiger partial charge in [-0.15, -0.1) is 12.4 Å². The van der Waals surface area contributed by atoms with Gasteiger partial charge in [-0.05, 0) is 51.0 Å². The molecule has 1 aliphatic rings. The Balaban J connectivity index is 0.00000220. The van der Waals surface area contributed by atoms with Gasteiger partial charge in [0.25, 0.3) is 0 Å². The van der Waals surface area contributed by atoms with Crippen molar-refractivity contribution in [3.05, 3.63) is 30.1 Å². The molecule has 0 aliphatic carbocycles. The maximum atomic E-state index is 13.5. The summed E-state index contributed by atoms with van der Waals surface area (Å²) in [4.78, 5) is 2.49. The fourth-order valence-electron chi connectivity index (χ4n) is 2.77. The fourth-order valence-corrected chi connectivity index (χ4v) is 2.77. The molecule has 120 valence electrons. The van der Waals surface area contributed by atoms with E-state index in [0.29, 0.717) is 18.4 Å². The summed E-state index contributed by atoms with van der Waals surface area (Å²) in [7, 11) is 0. The molecule has 0 saturated carbocycles. The number of ether oxygens (including phenoxy) is 1. The SMILES string of the molecule is CCCN(CCOc1ccccc1F)C1CCNCC1.Cl. The highest BCUT2D eigenvalue weighted by Crippen LogP contribution is 2.16. The summed E-state index contributed by atoms with van der Waals surface area (Å²) in [5.41, 5.74) is 0. The standard InChI is InChI=1S/C16H25FN2O.ClH/c1-2-11-19(14-7-9-18-10-8-14)12-13-20-16-6-4-3-5-15(16)17;/h3-6,14,18H,2,7-13H2,1H3;1H. The van der Waals surface area contributed by atoms with Crippen molar-refractivity contribution in [1.29, 1.82) is 0 Å². The third-order valence-corrected chi connectivity index (χ3v) is 3.81. The number of piperidine rings is 1. The van der Waals surface area contributed by atoms with E-state index < -0.39 is 0 Å². The van der Waals surface area contributed by atoms with Gasteiger partial charge < -0.3 is 10.1 Å². The molecule has 1 heterocycles. The van der Waals surface area contributed by atoms with Crippen LogP contribution in [0.25, 0.3) is 0 Å². The van der Waals surface area contributed by atoms with E-state index in [2.05, 4.69) is 17.1 Å². The Morgan fingerprint density at radius 1 is 1.24 bits per heavy atom. The third kappa shape index (κ3) is 5.81. The first-order valence-electron chi connectivity index (χ1n) is 7.63. The topological polar surface area (TPSA) is 24.5 Å². The molecule has 0 spiro atoms. The summed E-state index contributed by atoms with van der Waals surface area (Å²) in [5.74, 6) is 0.0747. The van der Waals surface area contributed by atoms with Crippen LogP contribution in [0.1, 0.15) is 26.2 Å². The first-order valence-corrected chi connectivity index (χ1v) is 7.63. The van der Waals surface area contributed by atoms with Crippen molar-refractivity contribution in [3.63, 3.8) is 0 Å². The summed E-state index contributed by atoms with van der Waals surface area (Å²) in [5, 5.41) is 3.39. The highest BCUT2D eigenvalue weighted by molar-refractivity contribution is 5.85. The Labute approximate surface area is 133 Å². The van der Waals surface area contributed by atoms with Crippen LogP contribution < -0.4 is 10.1 Å². The average Bonchev–Trinajstić information content (AvgIpc) is 2.49. The van der Waals surface area contributed by atoms with Crippen molar-refractivity contribution < 1.29 is 9.13 Å². The maximum Gasteiger partial charge on any atom is 0.165 e. The first kappa shape index (κ1) is 18.2. The zero-order valence-corrected chi connectivity index (χ0v) is 13.5. The minimum Gasteiger partial charge on any atom is -0.489 e. The average molecular weight is 317 g/mol. The number of nitrogens with zero attached hydrogens (tertiary/aromatic N) is 1. The lowest BCUT2D eigenvalue weighted by Crippen LogP contribution is -2.45. The van der Waals surface area contributed by atoms with E-state index >= 15 is 0 Å². The van der Waals surface area contributed by atoms with Crippen LogP contribution >= 0.6 is 12.4 Å². The molecule has 1 N–H and O–H groups in total. The largest absolute Gasteiger partial charge is 0.489 e. The molecule has 1 aliphatic heterocycles. The molecule has 0 aromatic heterocycles. The monoisotopic (exact) mass is 316 g/mol. The van der Waals surface area contributed by atoms with Crippen LogP contribution in [0.3, 0.4) is 0 Å². The Bertz CT molecular complexity index is 400. The predicted molar refractivity (Wildman–Crippen MR) is 86.9 cm³/mol. The highest BCUT2D eigenvalue weighted by Gasteiger charge is 2.20. The second-order valence-corrected chi connectivity index (χ2v) is 5.30. The lowest BCUT2D eigenvalue weighted by molar-refractivity contribution is 0.133. The highest BCUT2D eigenvalue weighted by atomic mass is 35.5. The molecule has 3 nitrogen and oxygen atoms in total. The summed E-state index contributed by atoms with van der Waals surface area (Å²) in [6, 6.07) is 7.24. The summed E-state index contributed by atoms with van der Waals surface area (Å²) in [6.45, 7) is 6.90. The Morgan fingerprint density at radius 2 is 1.95 bits per heavy atom. The van der Waals surface area contributed by atoms with E-state index in [4.69, 9.17) is 4.74 Å². The van der Waals surface area contributed by atoms with Crippen molar-refractivity contribution in [3.8, 4) is 5.75 Å². The molecule has 1 aromatic rings. The van der Waals surface area contributed by atoms with E-state index in [1.54, 1.807) is 18.2 Å². The van der Waals surface area contributed by atoms with Crippen molar-refractivity contribution in [2.75, 3.05) is 32.8 Å². The number of hydrogen-bond donors (Lipinski definition) is 1. The second-order valence-electron chi connectivity index (χ2n) is 5.30. The third-order valence-electron chi connectivity index (χ3n) is 3.81. The normalized spacial score (nSPS) is 15.8. The van der Waals surface area contributed by atoms with Gasteiger partial charge in [-0.1, -0.05) is 19.1 Å². The van der Waals surface area contributed by atoms with E-state index in [1.165, 1.54) is 18.9 Å². The fraction of sp³-hybridized carbons (Fsp3) is 0.625. The summed E-state index contributed by atoms with van der Waals surface area (Å²) >= 11 is 0. The molecule has 0 atom stereocenters. The molecule has 21 heavy (non-hydrogen) atoms. The lowest BCUT2D eigenvalue weighted by Gasteiger charge is -2.34. The van der Waals surface area contributed by atoms with Crippen molar-refractivity contribution in [2.24, 2.45) is 0 Å². The molecule has 0 bridgehead atoms. The van der Waals surface area contributed by atoms with Gasteiger partial charge in [-0.3, -0.25) is 4.90 Å². The van der Waals surface area contributed by atoms with Crippen LogP contribution in [-0.2, 0) is 0 Å². The Hall–Kier alpha value is -0.840. The Morgan fingerprint density at radius 3 is 2.62 bits per heavy atom. The van der Waals surface area contributed by atoms with E-state index in [1.807, 2.05) is 0 Å². The molecule has 0 amide bonds. The van der Waals surface area contributed by atoms with Crippen molar-refractivity contribution in [2.45, 2.75) is 32.2 Å². The number of benzene rings is 1. The zero-order valence-electron chi connectivity index (χ0n) is 12.7. The number of rotatable bonds is 7. The zero-order chi connectivity index (χ0) is 14.2. The van der Waals surface area contributed by atoms with Gasteiger partial charge in [0.05, 0.1) is 0 Å². The quantitative estimate of drug-likeness (QED) is 0.836. The van der Waals surface area contributed by atoms with Crippen LogP contribution in [0, 0.1) is 5.82 Å². The van der Waals surface area contributed by atoms with Crippen LogP contribution in [0.2, 0.25) is 0 Å². The second kappa shape index (κ2) is 9.98. The summed E-state index contributed by atoms with van der Waals surface area (Å²) < 4.78 is 19.0. The molecule has 0 unspecified atom stereocenters. The van der Waals surface area contributed by atoms with Gasteiger partial charge in [0.1, 0.15) is 6.61 Å². The minimum absolute atomic E-state index is 0.